The van der Waals surface area contributed by atoms with Crippen LogP contribution in [0.5, 0.6) is 11.5 Å². The molecule has 0 bridgehead atoms. The van der Waals surface area contributed by atoms with E-state index in [2.05, 4.69) is 0 Å². The number of hydrogen-bond acceptors (Lipinski definition) is 4. The Morgan fingerprint density at radius 1 is 1.16 bits per heavy atom. The fraction of sp³-hybridized carbons (Fsp3) is 0.600. The van der Waals surface area contributed by atoms with Crippen LogP contribution in [-0.2, 0) is 4.74 Å². The van der Waals surface area contributed by atoms with Crippen molar-refractivity contribution in [1.29, 1.82) is 0 Å². The Morgan fingerprint density at radius 3 is 2.37 bits per heavy atom. The zero-order valence-electron chi connectivity index (χ0n) is 11.6. The maximum Gasteiger partial charge on any atom is 0.119 e. The molecule has 1 aliphatic heterocycles. The second-order valence-corrected chi connectivity index (χ2v) is 5.09. The van der Waals surface area contributed by atoms with Gasteiger partial charge in [-0.2, -0.15) is 0 Å². The monoisotopic (exact) mass is 265 g/mol. The predicted molar refractivity (Wildman–Crippen MR) is 74.6 cm³/mol. The highest BCUT2D eigenvalue weighted by Crippen LogP contribution is 2.33. The number of rotatable bonds is 6. The molecule has 0 radical (unpaired) electrons. The van der Waals surface area contributed by atoms with Gasteiger partial charge in [-0.15, -0.1) is 0 Å². The zero-order chi connectivity index (χ0) is 13.6. The molecule has 4 nitrogen and oxygen atoms in total. The summed E-state index contributed by atoms with van der Waals surface area (Å²) in [6.45, 7) is 3.05. The lowest BCUT2D eigenvalue weighted by atomic mass is 9.78. The van der Waals surface area contributed by atoms with Crippen LogP contribution in [0.15, 0.2) is 24.3 Å². The molecule has 0 unspecified atom stereocenters. The van der Waals surface area contributed by atoms with Gasteiger partial charge in [-0.3, -0.25) is 0 Å². The van der Waals surface area contributed by atoms with Gasteiger partial charge >= 0.3 is 0 Å². The van der Waals surface area contributed by atoms with Crippen molar-refractivity contribution >= 4 is 0 Å². The van der Waals surface area contributed by atoms with Gasteiger partial charge < -0.3 is 19.9 Å². The summed E-state index contributed by atoms with van der Waals surface area (Å²) in [4.78, 5) is 0. The fourth-order valence-electron chi connectivity index (χ4n) is 2.42. The van der Waals surface area contributed by atoms with E-state index in [1.165, 1.54) is 0 Å². The van der Waals surface area contributed by atoms with E-state index in [-0.39, 0.29) is 5.41 Å². The Bertz CT molecular complexity index is 371. The van der Waals surface area contributed by atoms with Crippen molar-refractivity contribution in [2.45, 2.75) is 19.3 Å². The van der Waals surface area contributed by atoms with E-state index in [4.69, 9.17) is 19.9 Å². The summed E-state index contributed by atoms with van der Waals surface area (Å²) in [7, 11) is 1.66. The van der Waals surface area contributed by atoms with Crippen LogP contribution in [0.25, 0.3) is 0 Å². The van der Waals surface area contributed by atoms with E-state index in [0.29, 0.717) is 13.2 Å². The minimum absolute atomic E-state index is 0.199. The van der Waals surface area contributed by atoms with Crippen LogP contribution < -0.4 is 15.2 Å². The molecule has 2 rings (SSSR count). The lowest BCUT2D eigenvalue weighted by molar-refractivity contribution is 0.00855. The third kappa shape index (κ3) is 3.85. The molecule has 1 aromatic carbocycles. The highest BCUT2D eigenvalue weighted by Gasteiger charge is 2.30. The van der Waals surface area contributed by atoms with Crippen LogP contribution in [0.1, 0.15) is 19.3 Å². The molecule has 0 atom stereocenters. The van der Waals surface area contributed by atoms with Gasteiger partial charge in [-0.1, -0.05) is 0 Å². The van der Waals surface area contributed by atoms with E-state index < -0.39 is 0 Å². The van der Waals surface area contributed by atoms with Gasteiger partial charge in [0.05, 0.1) is 13.7 Å². The molecule has 2 N–H and O–H groups in total. The average Bonchev–Trinajstić information content (AvgIpc) is 2.49. The molecule has 1 heterocycles. The van der Waals surface area contributed by atoms with Crippen LogP contribution in [0.3, 0.4) is 0 Å². The summed E-state index contributed by atoms with van der Waals surface area (Å²) in [5.41, 5.74) is 6.13. The summed E-state index contributed by atoms with van der Waals surface area (Å²) < 4.78 is 16.3. The zero-order valence-corrected chi connectivity index (χ0v) is 11.6. The summed E-state index contributed by atoms with van der Waals surface area (Å²) in [6.07, 6.45) is 3.06. The van der Waals surface area contributed by atoms with Gasteiger partial charge in [0.15, 0.2) is 0 Å². The minimum atomic E-state index is 0.199. The quantitative estimate of drug-likeness (QED) is 0.857. The maximum atomic E-state index is 5.93. The van der Waals surface area contributed by atoms with Crippen molar-refractivity contribution in [2.75, 3.05) is 33.5 Å². The van der Waals surface area contributed by atoms with Crippen molar-refractivity contribution < 1.29 is 14.2 Å². The second-order valence-electron chi connectivity index (χ2n) is 5.09. The average molecular weight is 265 g/mol. The van der Waals surface area contributed by atoms with E-state index in [0.717, 1.165) is 44.0 Å². The van der Waals surface area contributed by atoms with Gasteiger partial charge in [0.1, 0.15) is 11.5 Å². The van der Waals surface area contributed by atoms with Crippen molar-refractivity contribution in [2.24, 2.45) is 11.1 Å². The smallest absolute Gasteiger partial charge is 0.119 e. The highest BCUT2D eigenvalue weighted by molar-refractivity contribution is 5.31. The molecule has 1 fully saturated rings. The number of ether oxygens (including phenoxy) is 3. The Hall–Kier alpha value is -1.26. The van der Waals surface area contributed by atoms with Crippen molar-refractivity contribution in [3.05, 3.63) is 24.3 Å². The molecule has 106 valence electrons. The van der Waals surface area contributed by atoms with Gasteiger partial charge in [0.2, 0.25) is 0 Å². The molecule has 0 aromatic heterocycles. The molecule has 0 aliphatic carbocycles. The third-order valence-electron chi connectivity index (χ3n) is 3.95. The second kappa shape index (κ2) is 6.78. The summed E-state index contributed by atoms with van der Waals surface area (Å²) in [5, 5.41) is 0. The van der Waals surface area contributed by atoms with Crippen molar-refractivity contribution in [3.63, 3.8) is 0 Å². The number of hydrogen-bond donors (Lipinski definition) is 1. The molecule has 0 spiro atoms. The largest absolute Gasteiger partial charge is 0.497 e. The predicted octanol–water partition coefficient (Wildman–Crippen LogP) is 2.22. The molecule has 19 heavy (non-hydrogen) atoms. The van der Waals surface area contributed by atoms with Gasteiger partial charge in [-0.05, 0) is 55.5 Å². The molecule has 0 amide bonds. The van der Waals surface area contributed by atoms with Crippen molar-refractivity contribution in [3.8, 4) is 11.5 Å². The molecule has 4 heteroatoms. The van der Waals surface area contributed by atoms with E-state index >= 15 is 0 Å². The normalized spacial score (nSPS) is 18.0. The van der Waals surface area contributed by atoms with Crippen LogP contribution in [0, 0.1) is 5.41 Å². The molecular formula is C15H23NO3. The number of benzene rings is 1. The first-order valence-corrected chi connectivity index (χ1v) is 6.83. The Kier molecular flexibility index (Phi) is 5.05. The minimum Gasteiger partial charge on any atom is -0.497 e. The number of nitrogens with two attached hydrogens (primary N) is 1. The van der Waals surface area contributed by atoms with Crippen LogP contribution >= 0.6 is 0 Å². The Morgan fingerprint density at radius 2 is 1.79 bits per heavy atom. The Labute approximate surface area is 114 Å². The molecule has 0 saturated carbocycles. The number of methoxy groups -OCH3 is 1. The first-order valence-electron chi connectivity index (χ1n) is 6.83. The Balaban J connectivity index is 1.81. The van der Waals surface area contributed by atoms with Crippen LogP contribution in [0.4, 0.5) is 0 Å². The summed E-state index contributed by atoms with van der Waals surface area (Å²) >= 11 is 0. The first-order chi connectivity index (χ1) is 9.28. The van der Waals surface area contributed by atoms with E-state index in [1.54, 1.807) is 7.11 Å². The molecule has 1 saturated heterocycles. The van der Waals surface area contributed by atoms with E-state index in [9.17, 15) is 0 Å². The highest BCUT2D eigenvalue weighted by atomic mass is 16.5. The van der Waals surface area contributed by atoms with Gasteiger partial charge in [0.25, 0.3) is 0 Å². The van der Waals surface area contributed by atoms with E-state index in [1.807, 2.05) is 24.3 Å². The molecular weight excluding hydrogens is 242 g/mol. The summed E-state index contributed by atoms with van der Waals surface area (Å²) in [6, 6.07) is 7.67. The lowest BCUT2D eigenvalue weighted by Crippen LogP contribution is -2.37. The van der Waals surface area contributed by atoms with Crippen LogP contribution in [-0.4, -0.2) is 33.5 Å². The van der Waals surface area contributed by atoms with Crippen LogP contribution in [0.2, 0.25) is 0 Å². The summed E-state index contributed by atoms with van der Waals surface area (Å²) in [5.74, 6) is 1.72. The SMILES string of the molecule is COc1ccc(OCCC2(CN)CCOCC2)cc1. The maximum absolute atomic E-state index is 5.93. The van der Waals surface area contributed by atoms with Gasteiger partial charge in [-0.25, -0.2) is 0 Å². The lowest BCUT2D eigenvalue weighted by Gasteiger charge is -2.36. The molecule has 1 aliphatic rings. The standard InChI is InChI=1S/C15H23NO3/c1-17-13-2-4-14(5-3-13)19-11-8-15(12-16)6-9-18-10-7-15/h2-5H,6-12,16H2,1H3. The molecule has 1 aromatic rings. The fourth-order valence-corrected chi connectivity index (χ4v) is 2.42. The van der Waals surface area contributed by atoms with Crippen molar-refractivity contribution in [1.82, 2.24) is 0 Å². The third-order valence-corrected chi connectivity index (χ3v) is 3.95. The topological polar surface area (TPSA) is 53.7 Å². The van der Waals surface area contributed by atoms with Gasteiger partial charge in [0, 0.05) is 13.2 Å². The first kappa shape index (κ1) is 14.2.